The van der Waals surface area contributed by atoms with Crippen LogP contribution in [0.2, 0.25) is 5.02 Å². The summed E-state index contributed by atoms with van der Waals surface area (Å²) in [5.74, 6) is -0.177. The zero-order chi connectivity index (χ0) is 19.5. The summed E-state index contributed by atoms with van der Waals surface area (Å²) in [6.07, 6.45) is 6.86. The number of nitrogens with zero attached hydrogens (tertiary/aromatic N) is 5. The minimum atomic E-state index is -0.369. The van der Waals surface area contributed by atoms with Crippen molar-refractivity contribution in [1.29, 1.82) is 0 Å². The van der Waals surface area contributed by atoms with Gasteiger partial charge >= 0.3 is 0 Å². The van der Waals surface area contributed by atoms with Crippen molar-refractivity contribution in [2.45, 2.75) is 51.2 Å². The molecular weight excluding hydrogens is 380 g/mol. The predicted octanol–water partition coefficient (Wildman–Crippen LogP) is 2.14. The number of rotatable bonds is 5. The zero-order valence-electron chi connectivity index (χ0n) is 15.3. The summed E-state index contributed by atoms with van der Waals surface area (Å²) in [6.45, 7) is 0.356. The Morgan fingerprint density at radius 1 is 1.18 bits per heavy atom. The SMILES string of the molecule is O=C(Cn1cnc2c(nnn2Cc2ccc(Cl)cc2)c1=O)NC1CCCCC1. The van der Waals surface area contributed by atoms with Crippen molar-refractivity contribution in [2.24, 2.45) is 0 Å². The van der Waals surface area contributed by atoms with Crippen molar-refractivity contribution < 1.29 is 4.79 Å². The number of halogens is 1. The maximum Gasteiger partial charge on any atom is 0.283 e. The summed E-state index contributed by atoms with van der Waals surface area (Å²) in [7, 11) is 0. The van der Waals surface area contributed by atoms with E-state index in [1.165, 1.54) is 17.3 Å². The lowest BCUT2D eigenvalue weighted by molar-refractivity contribution is -0.122. The van der Waals surface area contributed by atoms with Gasteiger partial charge in [-0.15, -0.1) is 5.10 Å². The maximum absolute atomic E-state index is 12.7. The van der Waals surface area contributed by atoms with Crippen molar-refractivity contribution in [3.63, 3.8) is 0 Å². The van der Waals surface area contributed by atoms with Gasteiger partial charge in [0.25, 0.3) is 5.56 Å². The highest BCUT2D eigenvalue weighted by atomic mass is 35.5. The zero-order valence-corrected chi connectivity index (χ0v) is 16.1. The molecule has 1 N–H and O–H groups in total. The van der Waals surface area contributed by atoms with Gasteiger partial charge in [0, 0.05) is 11.1 Å². The Hall–Kier alpha value is -2.74. The lowest BCUT2D eigenvalue weighted by atomic mass is 9.95. The molecule has 1 aliphatic carbocycles. The molecule has 1 saturated carbocycles. The molecule has 3 aromatic rings. The number of aromatic nitrogens is 5. The average molecular weight is 401 g/mol. The van der Waals surface area contributed by atoms with Gasteiger partial charge in [0.2, 0.25) is 5.91 Å². The minimum Gasteiger partial charge on any atom is -0.352 e. The molecule has 0 aliphatic heterocycles. The van der Waals surface area contributed by atoms with E-state index in [9.17, 15) is 9.59 Å². The van der Waals surface area contributed by atoms with E-state index in [0.29, 0.717) is 17.2 Å². The number of hydrogen-bond donors (Lipinski definition) is 1. The van der Waals surface area contributed by atoms with Gasteiger partial charge in [-0.25, -0.2) is 9.67 Å². The van der Waals surface area contributed by atoms with Gasteiger partial charge in [-0.2, -0.15) is 0 Å². The second kappa shape index (κ2) is 8.10. The average Bonchev–Trinajstić information content (AvgIpc) is 3.10. The quantitative estimate of drug-likeness (QED) is 0.708. The van der Waals surface area contributed by atoms with Gasteiger partial charge in [-0.05, 0) is 30.5 Å². The van der Waals surface area contributed by atoms with E-state index in [4.69, 9.17) is 11.6 Å². The highest BCUT2D eigenvalue weighted by Crippen LogP contribution is 2.17. The molecule has 1 amide bonds. The first-order valence-corrected chi connectivity index (χ1v) is 9.80. The van der Waals surface area contributed by atoms with Gasteiger partial charge in [-0.3, -0.25) is 14.2 Å². The van der Waals surface area contributed by atoms with E-state index in [0.717, 1.165) is 31.2 Å². The van der Waals surface area contributed by atoms with Crippen LogP contribution in [-0.4, -0.2) is 36.5 Å². The van der Waals surface area contributed by atoms with E-state index in [1.807, 2.05) is 12.1 Å². The van der Waals surface area contributed by atoms with Crippen LogP contribution in [0.25, 0.3) is 11.2 Å². The number of hydrogen-bond acceptors (Lipinski definition) is 5. The molecule has 0 unspecified atom stereocenters. The summed E-state index contributed by atoms with van der Waals surface area (Å²) in [6, 6.07) is 7.55. The van der Waals surface area contributed by atoms with Crippen molar-refractivity contribution >= 4 is 28.7 Å². The Morgan fingerprint density at radius 3 is 2.68 bits per heavy atom. The molecule has 0 atom stereocenters. The van der Waals surface area contributed by atoms with Crippen LogP contribution in [0, 0.1) is 0 Å². The number of fused-ring (bicyclic) bond motifs is 1. The van der Waals surface area contributed by atoms with Gasteiger partial charge in [-0.1, -0.05) is 48.2 Å². The summed E-state index contributed by atoms with van der Waals surface area (Å²) >= 11 is 5.91. The lowest BCUT2D eigenvalue weighted by Gasteiger charge is -2.22. The molecule has 146 valence electrons. The topological polar surface area (TPSA) is 94.7 Å². The number of benzene rings is 1. The Kier molecular flexibility index (Phi) is 5.38. The third-order valence-electron chi connectivity index (χ3n) is 5.02. The van der Waals surface area contributed by atoms with E-state index in [2.05, 4.69) is 20.6 Å². The molecule has 1 aliphatic rings. The summed E-state index contributed by atoms with van der Waals surface area (Å²) in [5.41, 5.74) is 1.14. The van der Waals surface area contributed by atoms with Crippen molar-refractivity contribution in [3.8, 4) is 0 Å². The fourth-order valence-corrected chi connectivity index (χ4v) is 3.67. The van der Waals surface area contributed by atoms with Crippen LogP contribution in [0.1, 0.15) is 37.7 Å². The normalized spacial score (nSPS) is 15.0. The Balaban J connectivity index is 1.50. The van der Waals surface area contributed by atoms with Crippen LogP contribution >= 0.6 is 11.6 Å². The van der Waals surface area contributed by atoms with E-state index in [1.54, 1.807) is 16.8 Å². The number of amides is 1. The fraction of sp³-hybridized carbons (Fsp3) is 0.421. The first-order chi connectivity index (χ1) is 13.6. The van der Waals surface area contributed by atoms with Crippen LogP contribution in [0.15, 0.2) is 35.4 Å². The van der Waals surface area contributed by atoms with Crippen molar-refractivity contribution in [3.05, 3.63) is 51.5 Å². The monoisotopic (exact) mass is 400 g/mol. The van der Waals surface area contributed by atoms with E-state index < -0.39 is 0 Å². The Morgan fingerprint density at radius 2 is 1.93 bits per heavy atom. The molecule has 1 fully saturated rings. The van der Waals surface area contributed by atoms with E-state index >= 15 is 0 Å². The van der Waals surface area contributed by atoms with Gasteiger partial charge in [0.1, 0.15) is 12.9 Å². The summed E-state index contributed by atoms with van der Waals surface area (Å²) in [5, 5.41) is 11.7. The van der Waals surface area contributed by atoms with Crippen LogP contribution < -0.4 is 10.9 Å². The molecule has 2 heterocycles. The smallest absolute Gasteiger partial charge is 0.283 e. The number of nitrogens with one attached hydrogen (secondary N) is 1. The first-order valence-electron chi connectivity index (χ1n) is 9.42. The first kappa shape index (κ1) is 18.6. The second-order valence-corrected chi connectivity index (χ2v) is 7.56. The molecular formula is C19H21ClN6O2. The molecule has 0 saturated heterocycles. The maximum atomic E-state index is 12.7. The fourth-order valence-electron chi connectivity index (χ4n) is 3.54. The second-order valence-electron chi connectivity index (χ2n) is 7.13. The molecule has 9 heteroatoms. The molecule has 0 bridgehead atoms. The molecule has 4 rings (SSSR count). The highest BCUT2D eigenvalue weighted by molar-refractivity contribution is 6.30. The van der Waals surface area contributed by atoms with Gasteiger partial charge in [0.15, 0.2) is 11.2 Å². The molecule has 0 spiro atoms. The standard InChI is InChI=1S/C19H21ClN6O2/c20-14-8-6-13(7-9-14)10-26-18-17(23-24-26)19(28)25(12-21-18)11-16(27)22-15-4-2-1-3-5-15/h6-9,12,15H,1-5,10-11H2,(H,22,27). The summed E-state index contributed by atoms with van der Waals surface area (Å²) < 4.78 is 2.84. The Bertz CT molecular complexity index is 1040. The van der Waals surface area contributed by atoms with Crippen molar-refractivity contribution in [2.75, 3.05) is 0 Å². The van der Waals surface area contributed by atoms with Crippen molar-refractivity contribution in [1.82, 2.24) is 29.9 Å². The van der Waals surface area contributed by atoms with Crippen LogP contribution in [0.5, 0.6) is 0 Å². The molecule has 28 heavy (non-hydrogen) atoms. The number of carbonyl (C=O) groups is 1. The predicted molar refractivity (Wildman–Crippen MR) is 105 cm³/mol. The lowest BCUT2D eigenvalue weighted by Crippen LogP contribution is -2.39. The molecule has 2 aromatic heterocycles. The third-order valence-corrected chi connectivity index (χ3v) is 5.27. The molecule has 8 nitrogen and oxygen atoms in total. The highest BCUT2D eigenvalue weighted by Gasteiger charge is 2.18. The third kappa shape index (κ3) is 4.06. The molecule has 0 radical (unpaired) electrons. The van der Waals surface area contributed by atoms with E-state index in [-0.39, 0.29) is 29.6 Å². The Labute approximate surface area is 166 Å². The minimum absolute atomic E-state index is 0.0671. The van der Waals surface area contributed by atoms with Gasteiger partial charge in [0.05, 0.1) is 6.54 Å². The van der Waals surface area contributed by atoms with Gasteiger partial charge < -0.3 is 5.32 Å². The molecule has 1 aromatic carbocycles. The van der Waals surface area contributed by atoms with Crippen LogP contribution in [0.4, 0.5) is 0 Å². The largest absolute Gasteiger partial charge is 0.352 e. The van der Waals surface area contributed by atoms with Crippen LogP contribution in [-0.2, 0) is 17.9 Å². The number of carbonyl (C=O) groups excluding carboxylic acids is 1. The van der Waals surface area contributed by atoms with Crippen LogP contribution in [0.3, 0.4) is 0 Å². The summed E-state index contributed by atoms with van der Waals surface area (Å²) in [4.78, 5) is 29.3.